The standard InChI is InChI=1S/C23H26N8O/c1-23(2,3)32-18-12-19(27-22-15(18)13-24-31(22)6)26-20-11-17(28-30(20)5)16-8-7-14-9-10-29(4)21(14)25-16/h7-13H,1-6H3,(H,26,27). The predicted octanol–water partition coefficient (Wildman–Crippen LogP) is 4.18. The number of anilines is 2. The quantitative estimate of drug-likeness (QED) is 0.460. The Morgan fingerprint density at radius 1 is 0.906 bits per heavy atom. The minimum atomic E-state index is -0.345. The Morgan fingerprint density at radius 3 is 2.50 bits per heavy atom. The van der Waals surface area contributed by atoms with Crippen LogP contribution < -0.4 is 10.1 Å². The normalized spacial score (nSPS) is 12.1. The number of ether oxygens (including phenoxy) is 1. The summed E-state index contributed by atoms with van der Waals surface area (Å²) in [5.74, 6) is 2.18. The average Bonchev–Trinajstić information content (AvgIpc) is 3.39. The molecular weight excluding hydrogens is 404 g/mol. The van der Waals surface area contributed by atoms with Gasteiger partial charge in [0.1, 0.15) is 34.3 Å². The zero-order valence-electron chi connectivity index (χ0n) is 19.1. The summed E-state index contributed by atoms with van der Waals surface area (Å²) in [5.41, 5.74) is 2.92. The molecule has 0 unspecified atom stereocenters. The molecule has 0 saturated heterocycles. The van der Waals surface area contributed by atoms with E-state index in [0.29, 0.717) is 5.82 Å². The number of hydrogen-bond donors (Lipinski definition) is 1. The van der Waals surface area contributed by atoms with Crippen LogP contribution in [0.15, 0.2) is 42.7 Å². The molecule has 9 nitrogen and oxygen atoms in total. The first-order chi connectivity index (χ1) is 15.2. The minimum absolute atomic E-state index is 0.345. The first-order valence-electron chi connectivity index (χ1n) is 10.4. The van der Waals surface area contributed by atoms with E-state index in [1.807, 2.05) is 70.9 Å². The van der Waals surface area contributed by atoms with Crippen LogP contribution in [0.1, 0.15) is 20.8 Å². The van der Waals surface area contributed by atoms with Crippen molar-refractivity contribution in [3.63, 3.8) is 0 Å². The third-order valence-electron chi connectivity index (χ3n) is 5.20. The highest BCUT2D eigenvalue weighted by Crippen LogP contribution is 2.32. The maximum atomic E-state index is 6.19. The van der Waals surface area contributed by atoms with Crippen molar-refractivity contribution in [1.29, 1.82) is 0 Å². The fourth-order valence-electron chi connectivity index (χ4n) is 3.68. The number of hydrogen-bond acceptors (Lipinski definition) is 6. The van der Waals surface area contributed by atoms with E-state index in [2.05, 4.69) is 27.6 Å². The molecule has 0 bridgehead atoms. The van der Waals surface area contributed by atoms with Crippen LogP contribution in [0.4, 0.5) is 11.6 Å². The zero-order valence-corrected chi connectivity index (χ0v) is 19.1. The van der Waals surface area contributed by atoms with Crippen molar-refractivity contribution < 1.29 is 4.74 Å². The van der Waals surface area contributed by atoms with Crippen molar-refractivity contribution in [3.8, 4) is 17.1 Å². The summed E-state index contributed by atoms with van der Waals surface area (Å²) in [5, 5.41) is 14.4. The lowest BCUT2D eigenvalue weighted by atomic mass is 10.2. The van der Waals surface area contributed by atoms with Gasteiger partial charge in [0.15, 0.2) is 5.65 Å². The second kappa shape index (κ2) is 7.08. The smallest absolute Gasteiger partial charge is 0.163 e. The van der Waals surface area contributed by atoms with Crippen molar-refractivity contribution in [2.24, 2.45) is 21.1 Å². The molecule has 0 aliphatic rings. The number of aryl methyl sites for hydroxylation is 3. The molecule has 0 aliphatic heterocycles. The van der Waals surface area contributed by atoms with Gasteiger partial charge in [-0.3, -0.25) is 9.36 Å². The predicted molar refractivity (Wildman–Crippen MR) is 125 cm³/mol. The van der Waals surface area contributed by atoms with Crippen LogP contribution in [0, 0.1) is 0 Å². The summed E-state index contributed by atoms with van der Waals surface area (Å²) in [6, 6.07) is 9.97. The summed E-state index contributed by atoms with van der Waals surface area (Å²) in [6.45, 7) is 6.06. The van der Waals surface area contributed by atoms with Crippen LogP contribution in [-0.4, -0.2) is 39.7 Å². The van der Waals surface area contributed by atoms with Gasteiger partial charge in [-0.05, 0) is 39.0 Å². The van der Waals surface area contributed by atoms with Gasteiger partial charge in [-0.25, -0.2) is 9.97 Å². The number of nitrogens with one attached hydrogen (secondary N) is 1. The van der Waals surface area contributed by atoms with E-state index < -0.39 is 0 Å². The first-order valence-corrected chi connectivity index (χ1v) is 10.4. The molecule has 5 aromatic heterocycles. The third kappa shape index (κ3) is 3.55. The monoisotopic (exact) mass is 430 g/mol. The minimum Gasteiger partial charge on any atom is -0.487 e. The fraction of sp³-hybridized carbons (Fsp3) is 0.304. The van der Waals surface area contributed by atoms with E-state index in [1.54, 1.807) is 15.6 Å². The van der Waals surface area contributed by atoms with Crippen LogP contribution in [0.2, 0.25) is 0 Å². The van der Waals surface area contributed by atoms with Gasteiger partial charge in [0.05, 0.1) is 17.3 Å². The Kier molecular flexibility index (Phi) is 4.44. The maximum Gasteiger partial charge on any atom is 0.163 e. The number of fused-ring (bicyclic) bond motifs is 2. The van der Waals surface area contributed by atoms with Crippen LogP contribution >= 0.6 is 0 Å². The molecule has 0 fully saturated rings. The number of nitrogens with zero attached hydrogens (tertiary/aromatic N) is 7. The van der Waals surface area contributed by atoms with Crippen molar-refractivity contribution >= 4 is 33.7 Å². The molecule has 0 aliphatic carbocycles. The second-order valence-electron chi connectivity index (χ2n) is 8.92. The molecule has 0 amide bonds. The van der Waals surface area contributed by atoms with E-state index in [0.717, 1.165) is 45.0 Å². The van der Waals surface area contributed by atoms with Gasteiger partial charge in [0.2, 0.25) is 0 Å². The van der Waals surface area contributed by atoms with E-state index in [1.165, 1.54) is 0 Å². The first kappa shape index (κ1) is 20.0. The van der Waals surface area contributed by atoms with Gasteiger partial charge < -0.3 is 14.6 Å². The lowest BCUT2D eigenvalue weighted by molar-refractivity contribution is 0.133. The summed E-state index contributed by atoms with van der Waals surface area (Å²) in [6.07, 6.45) is 3.78. The molecule has 0 spiro atoms. The molecule has 9 heteroatoms. The molecule has 0 saturated carbocycles. The molecule has 0 aromatic carbocycles. The molecular formula is C23H26N8O. The lowest BCUT2D eigenvalue weighted by Gasteiger charge is -2.22. The summed E-state index contributed by atoms with van der Waals surface area (Å²) in [7, 11) is 5.75. The highest BCUT2D eigenvalue weighted by atomic mass is 16.5. The second-order valence-corrected chi connectivity index (χ2v) is 8.92. The molecule has 164 valence electrons. The highest BCUT2D eigenvalue weighted by molar-refractivity contribution is 5.85. The van der Waals surface area contributed by atoms with Gasteiger partial charge in [-0.15, -0.1) is 0 Å². The molecule has 0 radical (unpaired) electrons. The summed E-state index contributed by atoms with van der Waals surface area (Å²) >= 11 is 0. The fourth-order valence-corrected chi connectivity index (χ4v) is 3.68. The number of pyridine rings is 2. The Labute approximate surface area is 185 Å². The summed E-state index contributed by atoms with van der Waals surface area (Å²) < 4.78 is 11.7. The third-order valence-corrected chi connectivity index (χ3v) is 5.20. The van der Waals surface area contributed by atoms with Crippen LogP contribution in [0.5, 0.6) is 5.75 Å². The van der Waals surface area contributed by atoms with Crippen molar-refractivity contribution in [2.75, 3.05) is 5.32 Å². The van der Waals surface area contributed by atoms with E-state index >= 15 is 0 Å². The van der Waals surface area contributed by atoms with E-state index in [9.17, 15) is 0 Å². The Bertz CT molecular complexity index is 1450. The van der Waals surface area contributed by atoms with E-state index in [-0.39, 0.29) is 5.60 Å². The molecule has 5 rings (SSSR count). The van der Waals surface area contributed by atoms with Crippen LogP contribution in [-0.2, 0) is 21.1 Å². The Morgan fingerprint density at radius 2 is 1.72 bits per heavy atom. The van der Waals surface area contributed by atoms with Gasteiger partial charge in [-0.2, -0.15) is 10.2 Å². The summed E-state index contributed by atoms with van der Waals surface area (Å²) in [4.78, 5) is 9.52. The molecule has 32 heavy (non-hydrogen) atoms. The Balaban J connectivity index is 1.52. The largest absolute Gasteiger partial charge is 0.487 e. The van der Waals surface area contributed by atoms with E-state index in [4.69, 9.17) is 14.7 Å². The molecule has 1 N–H and O–H groups in total. The Hall–Kier alpha value is -3.88. The lowest BCUT2D eigenvalue weighted by Crippen LogP contribution is -2.23. The van der Waals surface area contributed by atoms with Crippen molar-refractivity contribution in [2.45, 2.75) is 26.4 Å². The average molecular weight is 431 g/mol. The zero-order chi connectivity index (χ0) is 22.6. The van der Waals surface area contributed by atoms with Gasteiger partial charge in [-0.1, -0.05) is 0 Å². The SMILES string of the molecule is Cn1nc(-c2ccc3ccn(C)c3n2)cc1Nc1cc(OC(C)(C)C)c2cnn(C)c2n1. The van der Waals surface area contributed by atoms with Crippen molar-refractivity contribution in [1.82, 2.24) is 34.1 Å². The molecule has 0 atom stereocenters. The maximum absolute atomic E-state index is 6.19. The van der Waals surface area contributed by atoms with Gasteiger partial charge in [0, 0.05) is 44.9 Å². The highest BCUT2D eigenvalue weighted by Gasteiger charge is 2.18. The number of rotatable bonds is 4. The molecule has 5 heterocycles. The molecule has 5 aromatic rings. The van der Waals surface area contributed by atoms with Crippen LogP contribution in [0.25, 0.3) is 33.5 Å². The topological polar surface area (TPSA) is 87.6 Å². The number of aromatic nitrogens is 7. The van der Waals surface area contributed by atoms with Crippen LogP contribution in [0.3, 0.4) is 0 Å². The van der Waals surface area contributed by atoms with Gasteiger partial charge >= 0.3 is 0 Å². The van der Waals surface area contributed by atoms with Crippen molar-refractivity contribution in [3.05, 3.63) is 42.7 Å². The van der Waals surface area contributed by atoms with Gasteiger partial charge in [0.25, 0.3) is 0 Å².